The molecule has 0 aliphatic rings. The van der Waals surface area contributed by atoms with E-state index in [1.165, 1.54) is 6.20 Å². The number of anilines is 1. The van der Waals surface area contributed by atoms with Crippen LogP contribution in [0.15, 0.2) is 61.4 Å². The van der Waals surface area contributed by atoms with Crippen LogP contribution in [0.1, 0.15) is 26.2 Å². The second-order valence-corrected chi connectivity index (χ2v) is 8.93. The summed E-state index contributed by atoms with van der Waals surface area (Å²) in [6.45, 7) is 2.06. The Morgan fingerprint density at radius 3 is 2.76 bits per heavy atom. The molecule has 6 aromatic heterocycles. The summed E-state index contributed by atoms with van der Waals surface area (Å²) in [5.41, 5.74) is 4.80. The Bertz CT molecular complexity index is 1730. The largest absolute Gasteiger partial charge is 0.374 e. The lowest BCUT2D eigenvalue weighted by Crippen LogP contribution is -2.18. The summed E-state index contributed by atoms with van der Waals surface area (Å²) in [4.78, 5) is 25.2. The number of hydrogen-bond donors (Lipinski definition) is 4. The Labute approximate surface area is 216 Å². The molecule has 0 aromatic carbocycles. The first-order valence-electron chi connectivity index (χ1n) is 12.3. The van der Waals surface area contributed by atoms with Crippen LogP contribution in [0, 0.1) is 5.82 Å². The predicted octanol–water partition coefficient (Wildman–Crippen LogP) is 5.08. The number of rotatable bonds is 8. The SMILES string of the molecule is CCCCC(O)Nc1cncc(-c2cnc3[nH]nc(-c4nc5c(-c6cccnc6)nccc5[nH]4)c3c2F)c1. The first-order chi connectivity index (χ1) is 18.6. The number of nitrogens with zero attached hydrogens (tertiary/aromatic N) is 6. The molecule has 0 aliphatic heterocycles. The fourth-order valence-electron chi connectivity index (χ4n) is 4.42. The van der Waals surface area contributed by atoms with E-state index in [2.05, 4.69) is 47.4 Å². The smallest absolute Gasteiger partial charge is 0.159 e. The van der Waals surface area contributed by atoms with Gasteiger partial charge in [0.25, 0.3) is 0 Å². The Balaban J connectivity index is 1.41. The summed E-state index contributed by atoms with van der Waals surface area (Å²) in [6, 6.07) is 7.28. The van der Waals surface area contributed by atoms with Crippen molar-refractivity contribution in [1.82, 2.24) is 40.1 Å². The van der Waals surface area contributed by atoms with Crippen molar-refractivity contribution in [2.45, 2.75) is 32.4 Å². The molecule has 1 atom stereocenters. The Morgan fingerprint density at radius 2 is 1.92 bits per heavy atom. The lowest BCUT2D eigenvalue weighted by Gasteiger charge is -2.14. The highest BCUT2D eigenvalue weighted by Crippen LogP contribution is 2.34. The summed E-state index contributed by atoms with van der Waals surface area (Å²) in [6.07, 6.45) is 11.5. The summed E-state index contributed by atoms with van der Waals surface area (Å²) < 4.78 is 16.0. The molecule has 1 unspecified atom stereocenters. The van der Waals surface area contributed by atoms with Crippen molar-refractivity contribution >= 4 is 27.8 Å². The first kappa shape index (κ1) is 23.6. The summed E-state index contributed by atoms with van der Waals surface area (Å²) in [5.74, 6) is -0.120. The number of unbranched alkanes of at least 4 members (excludes halogenated alkanes) is 1. The van der Waals surface area contributed by atoms with Gasteiger partial charge in [0.05, 0.1) is 28.5 Å². The van der Waals surface area contributed by atoms with Crippen LogP contribution >= 0.6 is 0 Å². The second-order valence-electron chi connectivity index (χ2n) is 8.93. The van der Waals surface area contributed by atoms with Crippen LogP contribution < -0.4 is 5.32 Å². The molecule has 0 fully saturated rings. The van der Waals surface area contributed by atoms with Gasteiger partial charge in [-0.25, -0.2) is 14.4 Å². The molecule has 190 valence electrons. The maximum absolute atomic E-state index is 16.0. The van der Waals surface area contributed by atoms with Gasteiger partial charge in [-0.2, -0.15) is 5.10 Å². The normalized spacial score (nSPS) is 12.3. The number of imidazole rings is 1. The average Bonchev–Trinajstić information content (AvgIpc) is 3.57. The molecule has 0 aliphatic carbocycles. The first-order valence-corrected chi connectivity index (χ1v) is 12.3. The summed E-state index contributed by atoms with van der Waals surface area (Å²) in [7, 11) is 0. The molecule has 0 bridgehead atoms. The monoisotopic (exact) mass is 509 g/mol. The van der Waals surface area contributed by atoms with Gasteiger partial charge in [0.15, 0.2) is 11.5 Å². The maximum atomic E-state index is 16.0. The van der Waals surface area contributed by atoms with E-state index in [9.17, 15) is 5.11 Å². The van der Waals surface area contributed by atoms with Crippen LogP contribution in [0.5, 0.6) is 0 Å². The van der Waals surface area contributed by atoms with Crippen LogP contribution in [0.25, 0.3) is 56.0 Å². The van der Waals surface area contributed by atoms with Gasteiger partial charge in [-0.1, -0.05) is 13.3 Å². The van der Waals surface area contributed by atoms with E-state index in [1.54, 1.807) is 43.1 Å². The predicted molar refractivity (Wildman–Crippen MR) is 142 cm³/mol. The Hall–Kier alpha value is -4.77. The summed E-state index contributed by atoms with van der Waals surface area (Å²) >= 11 is 0. The fourth-order valence-corrected chi connectivity index (χ4v) is 4.42. The van der Waals surface area contributed by atoms with E-state index < -0.39 is 12.0 Å². The minimum Gasteiger partial charge on any atom is -0.374 e. The van der Waals surface area contributed by atoms with Crippen molar-refractivity contribution in [2.75, 3.05) is 5.32 Å². The zero-order valence-corrected chi connectivity index (χ0v) is 20.5. The molecule has 6 aromatic rings. The van der Waals surface area contributed by atoms with Crippen molar-refractivity contribution in [3.05, 3.63) is 67.3 Å². The van der Waals surface area contributed by atoms with Crippen LogP contribution in [-0.4, -0.2) is 51.4 Å². The quantitative estimate of drug-likeness (QED) is 0.208. The highest BCUT2D eigenvalue weighted by molar-refractivity contribution is 5.96. The molecule has 10 nitrogen and oxygen atoms in total. The molecule has 0 radical (unpaired) electrons. The van der Waals surface area contributed by atoms with Gasteiger partial charge in [0.1, 0.15) is 23.3 Å². The zero-order chi connectivity index (χ0) is 26.1. The topological polar surface area (TPSA) is 141 Å². The number of aliphatic hydroxyl groups excluding tert-OH is 1. The number of H-pyrrole nitrogens is 2. The number of fused-ring (bicyclic) bond motifs is 2. The van der Waals surface area contributed by atoms with Crippen molar-refractivity contribution in [2.24, 2.45) is 0 Å². The van der Waals surface area contributed by atoms with Crippen molar-refractivity contribution in [1.29, 1.82) is 0 Å². The molecule has 6 rings (SSSR count). The lowest BCUT2D eigenvalue weighted by atomic mass is 10.1. The number of aromatic nitrogens is 8. The van der Waals surface area contributed by atoms with Crippen LogP contribution in [0.2, 0.25) is 0 Å². The number of hydrogen-bond acceptors (Lipinski definition) is 8. The lowest BCUT2D eigenvalue weighted by molar-refractivity contribution is 0.190. The molecular weight excluding hydrogens is 485 g/mol. The number of halogens is 1. The van der Waals surface area contributed by atoms with Gasteiger partial charge >= 0.3 is 0 Å². The zero-order valence-electron chi connectivity index (χ0n) is 20.5. The van der Waals surface area contributed by atoms with E-state index >= 15 is 4.39 Å². The van der Waals surface area contributed by atoms with E-state index in [4.69, 9.17) is 4.98 Å². The molecule has 6 heterocycles. The van der Waals surface area contributed by atoms with Crippen LogP contribution in [0.4, 0.5) is 10.1 Å². The number of pyridine rings is 4. The molecule has 4 N–H and O–H groups in total. The van der Waals surface area contributed by atoms with E-state index in [0.717, 1.165) is 23.9 Å². The average molecular weight is 510 g/mol. The Kier molecular flexibility index (Phi) is 6.18. The van der Waals surface area contributed by atoms with E-state index in [0.29, 0.717) is 46.0 Å². The van der Waals surface area contributed by atoms with Crippen LogP contribution in [0.3, 0.4) is 0 Å². The second kappa shape index (κ2) is 9.94. The molecule has 0 saturated carbocycles. The molecule has 11 heteroatoms. The van der Waals surface area contributed by atoms with Crippen LogP contribution in [-0.2, 0) is 0 Å². The highest BCUT2D eigenvalue weighted by atomic mass is 19.1. The minimum atomic E-state index is -0.711. The third-order valence-corrected chi connectivity index (χ3v) is 6.30. The molecule has 38 heavy (non-hydrogen) atoms. The molecule has 0 spiro atoms. The third-order valence-electron chi connectivity index (χ3n) is 6.30. The summed E-state index contributed by atoms with van der Waals surface area (Å²) in [5, 5.41) is 20.6. The van der Waals surface area contributed by atoms with Crippen molar-refractivity contribution in [3.63, 3.8) is 0 Å². The van der Waals surface area contributed by atoms with Crippen molar-refractivity contribution in [3.8, 4) is 33.9 Å². The fraction of sp³-hybridized carbons (Fsp3) is 0.185. The number of aliphatic hydroxyl groups is 1. The molecular formula is C27H24FN9O. The van der Waals surface area contributed by atoms with E-state index in [-0.39, 0.29) is 10.9 Å². The van der Waals surface area contributed by atoms with Crippen molar-refractivity contribution < 1.29 is 9.50 Å². The van der Waals surface area contributed by atoms with E-state index in [1.807, 2.05) is 12.1 Å². The maximum Gasteiger partial charge on any atom is 0.159 e. The Morgan fingerprint density at radius 1 is 1.03 bits per heavy atom. The van der Waals surface area contributed by atoms with Gasteiger partial charge in [0.2, 0.25) is 0 Å². The molecule has 0 saturated heterocycles. The highest BCUT2D eigenvalue weighted by Gasteiger charge is 2.21. The van der Waals surface area contributed by atoms with Gasteiger partial charge in [-0.15, -0.1) is 0 Å². The van der Waals surface area contributed by atoms with Gasteiger partial charge in [-0.05, 0) is 37.1 Å². The van der Waals surface area contributed by atoms with Gasteiger partial charge in [0, 0.05) is 47.7 Å². The number of aromatic amines is 2. The number of nitrogens with one attached hydrogen (secondary N) is 3. The molecule has 0 amide bonds. The van der Waals surface area contributed by atoms with Gasteiger partial charge in [-0.3, -0.25) is 20.1 Å². The minimum absolute atomic E-state index is 0.207. The van der Waals surface area contributed by atoms with Gasteiger partial charge < -0.3 is 15.4 Å². The standard InChI is InChI=1S/C27H24FN9O/c1-2-3-6-20(38)33-17-10-16(12-30-13-17)18-14-32-26-21(22(18)28)25(36-37-26)27-34-19-7-9-31-23(24(19)35-27)15-5-4-8-29-11-15/h4-5,7-14,20,33,38H,2-3,6H2,1H3,(H,34,35)(H,32,36,37). The third kappa shape index (κ3) is 4.33.